The molecule has 2 N–H and O–H groups in total. The van der Waals surface area contributed by atoms with Crippen LogP contribution in [-0.2, 0) is 26.3 Å². The summed E-state index contributed by atoms with van der Waals surface area (Å²) in [4.78, 5) is 28.4. The van der Waals surface area contributed by atoms with Crippen LogP contribution in [0.3, 0.4) is 0 Å². The Morgan fingerprint density at radius 1 is 1.14 bits per heavy atom. The third-order valence-corrected chi connectivity index (χ3v) is 13.3. The molecular weight excluding hydrogens is 584 g/mol. The van der Waals surface area contributed by atoms with Gasteiger partial charge in [-0.3, -0.25) is 14.3 Å². The van der Waals surface area contributed by atoms with Crippen molar-refractivity contribution in [3.63, 3.8) is 0 Å². The monoisotopic (exact) mass is 626 g/mol. The number of halogens is 1. The van der Waals surface area contributed by atoms with Crippen LogP contribution < -0.4 is 14.4 Å². The van der Waals surface area contributed by atoms with Crippen molar-refractivity contribution >= 4 is 44.7 Å². The molecule has 2 bridgehead atoms. The van der Waals surface area contributed by atoms with Gasteiger partial charge in [0.15, 0.2) is 0 Å². The number of carbonyl (C=O) groups is 2. The second kappa shape index (κ2) is 11.7. The average molecular weight is 627 g/mol. The fourth-order valence-electron chi connectivity index (χ4n) is 7.99. The largest absolute Gasteiger partial charge is 0.490 e. The standard InChI is InChI=1S/C34H43ClN2O5S/c1-21-6-4-8-28(33(39)40)27-12-9-25(27)18-37-19-34(15-5-7-23-16-26(35)11-13-29(23)34)20-42-31-14-10-24(17-30(31)37)32(38)36-43(3,41)22(21)2/h10-11,13-14,16-17,21-22,25,27-28H,3-9,12,15,18-20H2,1-2H3,(H,39,40)(H,36,38,41)/t21-,22+,25-,27+,28-,34-,43?/m0/s1. The molecule has 0 aromatic heterocycles. The van der Waals surface area contributed by atoms with Crippen LogP contribution in [0, 0.1) is 23.7 Å². The highest BCUT2D eigenvalue weighted by atomic mass is 35.5. The maximum atomic E-state index is 13.7. The molecule has 43 heavy (non-hydrogen) atoms. The number of hydrogen-bond acceptors (Lipinski definition) is 5. The summed E-state index contributed by atoms with van der Waals surface area (Å²) < 4.78 is 23.0. The maximum Gasteiger partial charge on any atom is 0.306 e. The summed E-state index contributed by atoms with van der Waals surface area (Å²) in [7, 11) is -2.95. The van der Waals surface area contributed by atoms with Crippen molar-refractivity contribution in [3.05, 3.63) is 58.1 Å². The Labute approximate surface area is 260 Å². The summed E-state index contributed by atoms with van der Waals surface area (Å²) in [6.07, 6.45) is 6.92. The molecule has 0 radical (unpaired) electrons. The molecule has 7 nitrogen and oxygen atoms in total. The van der Waals surface area contributed by atoms with E-state index in [2.05, 4.69) is 27.6 Å². The first-order valence-corrected chi connectivity index (χ1v) is 17.9. The number of benzene rings is 2. The number of aryl methyl sites for hydroxylation is 1. The van der Waals surface area contributed by atoms with Gasteiger partial charge in [0.1, 0.15) is 5.75 Å². The van der Waals surface area contributed by atoms with Crippen molar-refractivity contribution < 1.29 is 23.6 Å². The molecule has 7 atom stereocenters. The second-order valence-corrected chi connectivity index (χ2v) is 16.3. The first-order valence-electron chi connectivity index (χ1n) is 15.7. The topological polar surface area (TPSA) is 95.9 Å². The molecule has 0 saturated heterocycles. The molecule has 232 valence electrons. The summed E-state index contributed by atoms with van der Waals surface area (Å²) >= 11 is 6.40. The minimum atomic E-state index is -2.95. The van der Waals surface area contributed by atoms with E-state index in [1.165, 1.54) is 11.1 Å². The van der Waals surface area contributed by atoms with Gasteiger partial charge in [0, 0.05) is 34.3 Å². The van der Waals surface area contributed by atoms with Gasteiger partial charge in [-0.1, -0.05) is 31.0 Å². The lowest BCUT2D eigenvalue weighted by molar-refractivity contribution is -0.146. The van der Waals surface area contributed by atoms with Gasteiger partial charge in [0.25, 0.3) is 5.91 Å². The Hall–Kier alpha value is -2.71. The van der Waals surface area contributed by atoms with Gasteiger partial charge in [-0.05, 0) is 117 Å². The van der Waals surface area contributed by atoms with Gasteiger partial charge in [0.05, 0.1) is 27.9 Å². The Bertz CT molecular complexity index is 1530. The van der Waals surface area contributed by atoms with Crippen molar-refractivity contribution in [3.8, 4) is 5.75 Å². The van der Waals surface area contributed by atoms with Crippen molar-refractivity contribution in [2.45, 2.75) is 75.9 Å². The number of carboxylic acid groups (broad SMARTS) is 1. The minimum Gasteiger partial charge on any atom is -0.490 e. The van der Waals surface area contributed by atoms with Gasteiger partial charge in [-0.2, -0.15) is 0 Å². The van der Waals surface area contributed by atoms with E-state index in [4.69, 9.17) is 16.3 Å². The lowest BCUT2D eigenvalue weighted by Crippen LogP contribution is -2.49. The lowest BCUT2D eigenvalue weighted by Gasteiger charge is -2.46. The minimum absolute atomic E-state index is 0.0187. The van der Waals surface area contributed by atoms with Crippen LogP contribution >= 0.6 is 11.6 Å². The Morgan fingerprint density at radius 2 is 1.95 bits per heavy atom. The summed E-state index contributed by atoms with van der Waals surface area (Å²) in [6, 6.07) is 11.6. The van der Waals surface area contributed by atoms with Gasteiger partial charge >= 0.3 is 5.97 Å². The van der Waals surface area contributed by atoms with E-state index in [1.807, 2.05) is 32.0 Å². The number of hydrogen-bond donors (Lipinski definition) is 2. The zero-order valence-corrected chi connectivity index (χ0v) is 26.7. The molecule has 2 aliphatic carbocycles. The number of nitrogens with zero attached hydrogens (tertiary/aromatic N) is 1. The number of anilines is 1. The van der Waals surface area contributed by atoms with Crippen LogP contribution in [0.1, 0.15) is 80.3 Å². The molecule has 9 heteroatoms. The molecule has 6 rings (SSSR count). The predicted octanol–water partition coefficient (Wildman–Crippen LogP) is 6.11. The molecule has 2 aromatic carbocycles. The molecular formula is C34H43ClN2O5S. The van der Waals surface area contributed by atoms with Crippen LogP contribution in [0.15, 0.2) is 36.4 Å². The lowest BCUT2D eigenvalue weighted by atomic mass is 9.65. The van der Waals surface area contributed by atoms with Gasteiger partial charge in [-0.15, -0.1) is 0 Å². The quantitative estimate of drug-likeness (QED) is 0.371. The second-order valence-electron chi connectivity index (χ2n) is 13.5. The van der Waals surface area contributed by atoms with Crippen LogP contribution in [0.2, 0.25) is 5.02 Å². The normalized spacial score (nSPS) is 34.5. The van der Waals surface area contributed by atoms with E-state index in [0.717, 1.165) is 55.7 Å². The van der Waals surface area contributed by atoms with E-state index < -0.39 is 27.5 Å². The first kappa shape index (κ1) is 30.3. The Morgan fingerprint density at radius 3 is 2.70 bits per heavy atom. The van der Waals surface area contributed by atoms with Crippen LogP contribution in [0.5, 0.6) is 5.75 Å². The molecule has 2 aliphatic heterocycles. The van der Waals surface area contributed by atoms with E-state index >= 15 is 0 Å². The van der Waals surface area contributed by atoms with Gasteiger partial charge in [-0.25, -0.2) is 4.21 Å². The number of nitrogens with one attached hydrogen (secondary N) is 1. The van der Waals surface area contributed by atoms with Crippen LogP contribution in [0.4, 0.5) is 5.69 Å². The fraction of sp³-hybridized carbons (Fsp3) is 0.559. The number of amides is 1. The number of ether oxygens (including phenoxy) is 1. The number of carboxylic acids is 1. The number of aliphatic carboxylic acids is 1. The van der Waals surface area contributed by atoms with Gasteiger partial charge < -0.3 is 14.7 Å². The van der Waals surface area contributed by atoms with Crippen LogP contribution in [0.25, 0.3) is 0 Å². The smallest absolute Gasteiger partial charge is 0.306 e. The molecule has 4 aliphatic rings. The molecule has 1 saturated carbocycles. The maximum absolute atomic E-state index is 13.7. The SMILES string of the molecule is C=S1(=O)NC(=O)c2ccc3c(c2)N(C[C@@H]2CC[C@H]2[C@@H](C(=O)O)CCC[C@H](C)[C@H]1C)C[C@@]1(CCCc2cc(Cl)ccc21)CO3. The molecule has 1 fully saturated rings. The predicted molar refractivity (Wildman–Crippen MR) is 173 cm³/mol. The van der Waals surface area contributed by atoms with E-state index in [1.54, 1.807) is 6.07 Å². The first-order chi connectivity index (χ1) is 20.5. The summed E-state index contributed by atoms with van der Waals surface area (Å²) in [5.41, 5.74) is 3.49. The molecule has 1 unspecified atom stereocenters. The Kier molecular flexibility index (Phi) is 8.22. The van der Waals surface area contributed by atoms with E-state index in [9.17, 15) is 18.9 Å². The third kappa shape index (κ3) is 5.77. The molecule has 2 aromatic rings. The highest BCUT2D eigenvalue weighted by Crippen LogP contribution is 2.48. The van der Waals surface area contributed by atoms with Crippen molar-refractivity contribution in [2.75, 3.05) is 24.6 Å². The average Bonchev–Trinajstić information content (AvgIpc) is 3.10. The summed E-state index contributed by atoms with van der Waals surface area (Å²) in [5, 5.41) is 10.7. The van der Waals surface area contributed by atoms with Crippen molar-refractivity contribution in [1.82, 2.24) is 4.72 Å². The highest BCUT2D eigenvalue weighted by molar-refractivity contribution is 7.99. The van der Waals surface area contributed by atoms with Crippen molar-refractivity contribution in [2.24, 2.45) is 23.7 Å². The van der Waals surface area contributed by atoms with Crippen LogP contribution in [-0.4, -0.2) is 52.0 Å². The summed E-state index contributed by atoms with van der Waals surface area (Å²) in [6.45, 7) is 5.77. The highest BCUT2D eigenvalue weighted by Gasteiger charge is 2.45. The number of fused-ring (bicyclic) bond motifs is 4. The number of carbonyl (C=O) groups excluding carboxylic acids is 1. The fourth-order valence-corrected chi connectivity index (χ4v) is 9.69. The molecule has 1 spiro atoms. The van der Waals surface area contributed by atoms with E-state index in [-0.39, 0.29) is 28.4 Å². The van der Waals surface area contributed by atoms with E-state index in [0.29, 0.717) is 37.4 Å². The number of rotatable bonds is 1. The third-order valence-electron chi connectivity index (χ3n) is 10.9. The Balaban J connectivity index is 1.43. The zero-order valence-electron chi connectivity index (χ0n) is 25.1. The molecule has 2 heterocycles. The molecule has 1 amide bonds. The summed E-state index contributed by atoms with van der Waals surface area (Å²) in [5.74, 6) is 3.48. The van der Waals surface area contributed by atoms with Gasteiger partial charge in [0.2, 0.25) is 0 Å². The van der Waals surface area contributed by atoms with Crippen molar-refractivity contribution in [1.29, 1.82) is 0 Å². The zero-order chi connectivity index (χ0) is 30.5.